The number of ketones is 1. The number of benzene rings is 1. The van der Waals surface area contributed by atoms with Crippen LogP contribution in [0.4, 0.5) is 0 Å². The van der Waals surface area contributed by atoms with Gasteiger partial charge >= 0.3 is 5.97 Å². The number of aryl methyl sites for hydroxylation is 2. The lowest BCUT2D eigenvalue weighted by Crippen LogP contribution is -2.05. The van der Waals surface area contributed by atoms with Crippen LogP contribution in [0.15, 0.2) is 6.07 Å². The number of carbonyl (C=O) groups excluding carboxylic acids is 1. The second-order valence-corrected chi connectivity index (χ2v) is 4.88. The predicted molar refractivity (Wildman–Crippen MR) is 72.8 cm³/mol. The van der Waals surface area contributed by atoms with Crippen LogP contribution in [0.25, 0.3) is 0 Å². The van der Waals surface area contributed by atoms with Gasteiger partial charge in [-0.05, 0) is 50.3 Å². The van der Waals surface area contributed by atoms with E-state index in [2.05, 4.69) is 0 Å². The van der Waals surface area contributed by atoms with Crippen molar-refractivity contribution in [2.75, 3.05) is 0 Å². The minimum Gasteiger partial charge on any atom is -0.507 e. The number of carboxylic acid groups (broad SMARTS) is 1. The molecule has 0 saturated carbocycles. The Bertz CT molecular complexity index is 503. The van der Waals surface area contributed by atoms with Gasteiger partial charge in [-0.1, -0.05) is 6.07 Å². The number of phenols is 1. The molecule has 0 aromatic heterocycles. The molecule has 0 aliphatic heterocycles. The SMILES string of the molecule is Cc1cc(C)c(C(=O)CCCCC(=O)O)c(O)c1C. The summed E-state index contributed by atoms with van der Waals surface area (Å²) in [6.07, 6.45) is 1.35. The van der Waals surface area contributed by atoms with Gasteiger partial charge in [0.2, 0.25) is 0 Å². The molecule has 4 nitrogen and oxygen atoms in total. The highest BCUT2D eigenvalue weighted by molar-refractivity contribution is 6.00. The molecule has 0 saturated heterocycles. The van der Waals surface area contributed by atoms with Crippen LogP contribution >= 0.6 is 0 Å². The summed E-state index contributed by atoms with van der Waals surface area (Å²) < 4.78 is 0. The van der Waals surface area contributed by atoms with E-state index in [1.165, 1.54) is 0 Å². The molecule has 0 heterocycles. The van der Waals surface area contributed by atoms with E-state index in [0.29, 0.717) is 18.4 Å². The van der Waals surface area contributed by atoms with Gasteiger partial charge in [0, 0.05) is 12.8 Å². The first kappa shape index (κ1) is 15.2. The highest BCUT2D eigenvalue weighted by Gasteiger charge is 2.17. The number of hydrogen-bond donors (Lipinski definition) is 2. The van der Waals surface area contributed by atoms with Gasteiger partial charge in [-0.3, -0.25) is 9.59 Å². The van der Waals surface area contributed by atoms with Crippen LogP contribution in [0.2, 0.25) is 0 Å². The number of hydrogen-bond acceptors (Lipinski definition) is 3. The van der Waals surface area contributed by atoms with Crippen molar-refractivity contribution < 1.29 is 19.8 Å². The molecule has 0 spiro atoms. The van der Waals surface area contributed by atoms with Crippen molar-refractivity contribution in [1.29, 1.82) is 0 Å². The standard InChI is InChI=1S/C15H20O4/c1-9-8-10(2)14(15(19)11(9)3)12(16)6-4-5-7-13(17)18/h8,19H,4-7H2,1-3H3,(H,17,18). The molecule has 2 N–H and O–H groups in total. The van der Waals surface area contributed by atoms with E-state index >= 15 is 0 Å². The summed E-state index contributed by atoms with van der Waals surface area (Å²) in [6.45, 7) is 5.48. The first-order valence-corrected chi connectivity index (χ1v) is 6.39. The Morgan fingerprint density at radius 1 is 1.05 bits per heavy atom. The molecular weight excluding hydrogens is 244 g/mol. The van der Waals surface area contributed by atoms with E-state index < -0.39 is 5.97 Å². The first-order valence-electron chi connectivity index (χ1n) is 6.39. The van der Waals surface area contributed by atoms with E-state index in [4.69, 9.17) is 5.11 Å². The normalized spacial score (nSPS) is 10.5. The summed E-state index contributed by atoms with van der Waals surface area (Å²) in [6, 6.07) is 1.89. The highest BCUT2D eigenvalue weighted by Crippen LogP contribution is 2.29. The molecule has 0 atom stereocenters. The summed E-state index contributed by atoms with van der Waals surface area (Å²) in [5.74, 6) is -0.915. The zero-order valence-electron chi connectivity index (χ0n) is 11.6. The summed E-state index contributed by atoms with van der Waals surface area (Å²) in [4.78, 5) is 22.5. The Labute approximate surface area is 113 Å². The summed E-state index contributed by atoms with van der Waals surface area (Å²) in [7, 11) is 0. The fraction of sp³-hybridized carbons (Fsp3) is 0.467. The van der Waals surface area contributed by atoms with Crippen molar-refractivity contribution >= 4 is 11.8 Å². The molecule has 1 aromatic carbocycles. The predicted octanol–water partition coefficient (Wildman–Crippen LogP) is 3.15. The van der Waals surface area contributed by atoms with Crippen molar-refractivity contribution in [3.05, 3.63) is 28.3 Å². The summed E-state index contributed by atoms with van der Waals surface area (Å²) in [5.41, 5.74) is 2.82. The zero-order valence-corrected chi connectivity index (χ0v) is 11.6. The minimum atomic E-state index is -0.849. The minimum absolute atomic E-state index is 0.0562. The number of carboxylic acids is 1. The Balaban J connectivity index is 2.78. The molecule has 104 valence electrons. The molecule has 0 radical (unpaired) electrons. The van der Waals surface area contributed by atoms with E-state index in [9.17, 15) is 14.7 Å². The lowest BCUT2D eigenvalue weighted by atomic mass is 9.94. The summed E-state index contributed by atoms with van der Waals surface area (Å²) in [5, 5.41) is 18.6. The van der Waals surface area contributed by atoms with E-state index in [-0.39, 0.29) is 24.4 Å². The molecular formula is C15H20O4. The topological polar surface area (TPSA) is 74.6 Å². The molecule has 0 aliphatic rings. The Hall–Kier alpha value is -1.84. The maximum Gasteiger partial charge on any atom is 0.303 e. The number of unbranched alkanes of at least 4 members (excludes halogenated alkanes) is 1. The first-order chi connectivity index (χ1) is 8.84. The van der Waals surface area contributed by atoms with Crippen LogP contribution in [0.5, 0.6) is 5.75 Å². The van der Waals surface area contributed by atoms with Gasteiger partial charge in [0.05, 0.1) is 5.56 Å². The van der Waals surface area contributed by atoms with Crippen LogP contribution in [-0.2, 0) is 4.79 Å². The number of Topliss-reactive ketones (excluding diaryl/α,β-unsaturated/α-hetero) is 1. The third-order valence-corrected chi connectivity index (χ3v) is 3.33. The maximum atomic E-state index is 12.1. The third kappa shape index (κ3) is 3.81. The van der Waals surface area contributed by atoms with Crippen molar-refractivity contribution in [3.63, 3.8) is 0 Å². The number of phenolic OH excluding ortho intramolecular Hbond substituents is 1. The zero-order chi connectivity index (χ0) is 14.6. The van der Waals surface area contributed by atoms with Crippen molar-refractivity contribution in [2.24, 2.45) is 0 Å². The monoisotopic (exact) mass is 264 g/mol. The molecule has 4 heteroatoms. The number of aromatic hydroxyl groups is 1. The van der Waals surface area contributed by atoms with Crippen LogP contribution in [0, 0.1) is 20.8 Å². The van der Waals surface area contributed by atoms with Crippen LogP contribution in [-0.4, -0.2) is 22.0 Å². The molecule has 0 bridgehead atoms. The van der Waals surface area contributed by atoms with Gasteiger partial charge in [0.25, 0.3) is 0 Å². The van der Waals surface area contributed by atoms with Crippen LogP contribution in [0.1, 0.15) is 52.7 Å². The smallest absolute Gasteiger partial charge is 0.303 e. The second-order valence-electron chi connectivity index (χ2n) is 4.88. The summed E-state index contributed by atoms with van der Waals surface area (Å²) >= 11 is 0. The van der Waals surface area contributed by atoms with E-state index in [1.54, 1.807) is 13.8 Å². The Morgan fingerprint density at radius 2 is 1.63 bits per heavy atom. The largest absolute Gasteiger partial charge is 0.507 e. The average molecular weight is 264 g/mol. The van der Waals surface area contributed by atoms with Crippen molar-refractivity contribution in [3.8, 4) is 5.75 Å². The van der Waals surface area contributed by atoms with Gasteiger partial charge in [-0.2, -0.15) is 0 Å². The number of aliphatic carboxylic acids is 1. The fourth-order valence-electron chi connectivity index (χ4n) is 2.10. The van der Waals surface area contributed by atoms with Crippen LogP contribution < -0.4 is 0 Å². The van der Waals surface area contributed by atoms with Gasteiger partial charge < -0.3 is 10.2 Å². The highest BCUT2D eigenvalue weighted by atomic mass is 16.4. The molecule has 0 amide bonds. The number of rotatable bonds is 6. The fourth-order valence-corrected chi connectivity index (χ4v) is 2.10. The van der Waals surface area contributed by atoms with Crippen LogP contribution in [0.3, 0.4) is 0 Å². The van der Waals surface area contributed by atoms with Crippen molar-refractivity contribution in [1.82, 2.24) is 0 Å². The van der Waals surface area contributed by atoms with Gasteiger partial charge in [0.15, 0.2) is 5.78 Å². The van der Waals surface area contributed by atoms with Gasteiger partial charge in [0.1, 0.15) is 5.75 Å². The maximum absolute atomic E-state index is 12.1. The molecule has 0 unspecified atom stereocenters. The van der Waals surface area contributed by atoms with Crippen molar-refractivity contribution in [2.45, 2.75) is 46.5 Å². The Kier molecular flexibility index (Phi) is 5.10. The van der Waals surface area contributed by atoms with E-state index in [1.807, 2.05) is 13.0 Å². The Morgan fingerprint density at radius 3 is 2.21 bits per heavy atom. The molecule has 1 aromatic rings. The molecule has 0 aliphatic carbocycles. The quantitative estimate of drug-likeness (QED) is 0.611. The molecule has 1 rings (SSSR count). The number of carbonyl (C=O) groups is 2. The third-order valence-electron chi connectivity index (χ3n) is 3.33. The van der Waals surface area contributed by atoms with Gasteiger partial charge in [-0.25, -0.2) is 0 Å². The van der Waals surface area contributed by atoms with E-state index in [0.717, 1.165) is 16.7 Å². The second kappa shape index (κ2) is 6.36. The lowest BCUT2D eigenvalue weighted by molar-refractivity contribution is -0.137. The van der Waals surface area contributed by atoms with Gasteiger partial charge in [-0.15, -0.1) is 0 Å². The lowest BCUT2D eigenvalue weighted by Gasteiger charge is -2.12. The molecule has 0 fully saturated rings. The molecule has 19 heavy (non-hydrogen) atoms. The average Bonchev–Trinajstić information content (AvgIpc) is 2.31.